The van der Waals surface area contributed by atoms with E-state index in [-0.39, 0.29) is 30.1 Å². The Hall–Kier alpha value is -1.91. The zero-order valence-corrected chi connectivity index (χ0v) is 11.3. The van der Waals surface area contributed by atoms with Crippen LogP contribution in [0.1, 0.15) is 24.1 Å². The average Bonchev–Trinajstić information content (AvgIpc) is 2.40. The van der Waals surface area contributed by atoms with Gasteiger partial charge in [-0.1, -0.05) is 0 Å². The fraction of sp³-hybridized carbons (Fsp3) is 0.333. The molecule has 0 aliphatic heterocycles. The third kappa shape index (κ3) is 3.79. The minimum Gasteiger partial charge on any atom is -0.505 e. The molecule has 110 valence electrons. The van der Waals surface area contributed by atoms with Gasteiger partial charge in [0.25, 0.3) is 0 Å². The van der Waals surface area contributed by atoms with E-state index in [1.165, 1.54) is 6.92 Å². The number of nitrogens with zero attached hydrogens (tertiary/aromatic N) is 1. The van der Waals surface area contributed by atoms with Crippen molar-refractivity contribution < 1.29 is 23.4 Å². The summed E-state index contributed by atoms with van der Waals surface area (Å²) in [6.45, 7) is 1.45. The van der Waals surface area contributed by atoms with Crippen LogP contribution in [0.4, 0.5) is 8.78 Å². The molecule has 20 heavy (non-hydrogen) atoms. The van der Waals surface area contributed by atoms with Crippen LogP contribution < -0.4 is 5.73 Å². The third-order valence-corrected chi connectivity index (χ3v) is 2.41. The summed E-state index contributed by atoms with van der Waals surface area (Å²) in [5, 5.41) is 18.1. The molecular weight excluding hydrogens is 294 g/mol. The lowest BCUT2D eigenvalue weighted by Crippen LogP contribution is -2.31. The largest absolute Gasteiger partial charge is 0.505 e. The van der Waals surface area contributed by atoms with Crippen LogP contribution in [0.15, 0.2) is 12.1 Å². The highest BCUT2D eigenvalue weighted by molar-refractivity contribution is 5.85. The summed E-state index contributed by atoms with van der Waals surface area (Å²) in [4.78, 5) is 11.2. The summed E-state index contributed by atoms with van der Waals surface area (Å²) in [6, 6.07) is 1.82. The van der Waals surface area contributed by atoms with Crippen LogP contribution in [-0.4, -0.2) is 23.9 Å². The van der Waals surface area contributed by atoms with Gasteiger partial charge in [0.05, 0.1) is 24.3 Å². The van der Waals surface area contributed by atoms with Crippen LogP contribution in [0.2, 0.25) is 0 Å². The molecule has 0 bridgehead atoms. The summed E-state index contributed by atoms with van der Waals surface area (Å²) in [7, 11) is 0. The lowest BCUT2D eigenvalue weighted by atomic mass is 9.99. The van der Waals surface area contributed by atoms with Gasteiger partial charge in [-0.25, -0.2) is 13.6 Å². The number of halogens is 3. The van der Waals surface area contributed by atoms with Crippen LogP contribution in [0.5, 0.6) is 5.75 Å². The predicted molar refractivity (Wildman–Crippen MR) is 68.5 cm³/mol. The van der Waals surface area contributed by atoms with Gasteiger partial charge in [-0.3, -0.25) is 0 Å². The molecule has 3 N–H and O–H groups in total. The summed E-state index contributed by atoms with van der Waals surface area (Å²) in [5.41, 5.74) is 4.95. The lowest BCUT2D eigenvalue weighted by Gasteiger charge is -2.17. The van der Waals surface area contributed by atoms with Crippen LogP contribution in [0.3, 0.4) is 0 Å². The first-order valence-corrected chi connectivity index (χ1v) is 5.41. The van der Waals surface area contributed by atoms with Gasteiger partial charge in [-0.05, 0) is 19.1 Å². The minimum atomic E-state index is -2.26. The third-order valence-electron chi connectivity index (χ3n) is 2.41. The normalized spacial score (nSPS) is 12.8. The van der Waals surface area contributed by atoms with Crippen molar-refractivity contribution in [1.82, 2.24) is 0 Å². The monoisotopic (exact) mass is 306 g/mol. The number of nitriles is 1. The highest BCUT2D eigenvalue weighted by Crippen LogP contribution is 2.30. The van der Waals surface area contributed by atoms with Crippen molar-refractivity contribution in [2.24, 2.45) is 5.73 Å². The number of rotatable bonds is 4. The van der Waals surface area contributed by atoms with Crippen molar-refractivity contribution in [2.45, 2.75) is 19.1 Å². The second-order valence-corrected chi connectivity index (χ2v) is 3.69. The molecule has 0 saturated heterocycles. The number of carbonyl (C=O) groups excluding carboxylic acids is 1. The lowest BCUT2D eigenvalue weighted by molar-refractivity contribution is -0.149. The number of ether oxygens (including phenoxy) is 1. The number of phenolic OH excluding ortho intramolecular Hbond substituents is 1. The molecule has 0 saturated carbocycles. The van der Waals surface area contributed by atoms with Crippen molar-refractivity contribution in [2.75, 3.05) is 6.61 Å². The number of hydrogen-bond acceptors (Lipinski definition) is 5. The quantitative estimate of drug-likeness (QED) is 0.826. The van der Waals surface area contributed by atoms with Crippen molar-refractivity contribution in [3.8, 4) is 11.8 Å². The van der Waals surface area contributed by atoms with Gasteiger partial charge in [0.2, 0.25) is 6.17 Å². The van der Waals surface area contributed by atoms with Gasteiger partial charge in [-0.2, -0.15) is 5.26 Å². The standard InChI is InChI=1S/C12H12F2N2O3.ClH/c1-2-19-12(18)9(14)10(16)7-3-6(5-15)4-8(13)11(7)17;/h3-4,9-10,17H,2,16H2,1H3;1H/t9?,10-;/m0./s1. The van der Waals surface area contributed by atoms with Gasteiger partial charge >= 0.3 is 5.97 Å². The number of alkyl halides is 1. The van der Waals surface area contributed by atoms with E-state index in [2.05, 4.69) is 4.74 Å². The SMILES string of the molecule is CCOC(=O)C(F)[C@@H](N)c1cc(C#N)cc(F)c1O.Cl. The van der Waals surface area contributed by atoms with E-state index in [1.54, 1.807) is 6.07 Å². The number of esters is 1. The first-order valence-electron chi connectivity index (χ1n) is 5.41. The molecule has 2 atom stereocenters. The van der Waals surface area contributed by atoms with Crippen molar-refractivity contribution in [1.29, 1.82) is 5.26 Å². The van der Waals surface area contributed by atoms with Crippen LogP contribution >= 0.6 is 12.4 Å². The molecule has 0 aromatic heterocycles. The van der Waals surface area contributed by atoms with Gasteiger partial charge in [0.1, 0.15) is 0 Å². The van der Waals surface area contributed by atoms with E-state index in [4.69, 9.17) is 11.0 Å². The van der Waals surface area contributed by atoms with Crippen LogP contribution in [0.25, 0.3) is 0 Å². The molecule has 1 aromatic carbocycles. The molecule has 0 spiro atoms. The second-order valence-electron chi connectivity index (χ2n) is 3.69. The Labute approximate surface area is 120 Å². The molecule has 0 aliphatic carbocycles. The molecule has 1 unspecified atom stereocenters. The highest BCUT2D eigenvalue weighted by atomic mass is 35.5. The topological polar surface area (TPSA) is 96.3 Å². The summed E-state index contributed by atoms with van der Waals surface area (Å²) < 4.78 is 31.4. The maximum absolute atomic E-state index is 13.7. The number of hydrogen-bond donors (Lipinski definition) is 2. The van der Waals surface area contributed by atoms with E-state index < -0.39 is 29.7 Å². The number of phenols is 1. The maximum Gasteiger partial charge on any atom is 0.342 e. The van der Waals surface area contributed by atoms with Crippen molar-refractivity contribution in [3.63, 3.8) is 0 Å². The van der Waals surface area contributed by atoms with E-state index in [9.17, 15) is 18.7 Å². The smallest absolute Gasteiger partial charge is 0.342 e. The van der Waals surface area contributed by atoms with E-state index >= 15 is 0 Å². The molecule has 1 rings (SSSR count). The molecule has 0 heterocycles. The van der Waals surface area contributed by atoms with E-state index in [1.807, 2.05) is 0 Å². The number of nitrogens with two attached hydrogens (primary N) is 1. The first-order chi connectivity index (χ1) is 8.92. The molecule has 0 radical (unpaired) electrons. The molecule has 0 fully saturated rings. The van der Waals surface area contributed by atoms with Gasteiger partial charge in [-0.15, -0.1) is 12.4 Å². The number of carbonyl (C=O) groups is 1. The van der Waals surface area contributed by atoms with Gasteiger partial charge < -0.3 is 15.6 Å². The first kappa shape index (κ1) is 18.1. The van der Waals surface area contributed by atoms with Crippen LogP contribution in [0, 0.1) is 17.1 Å². The second kappa shape index (κ2) is 7.62. The van der Waals surface area contributed by atoms with Gasteiger partial charge in [0.15, 0.2) is 11.6 Å². The predicted octanol–water partition coefficient (Wildman–Crippen LogP) is 1.73. The zero-order valence-electron chi connectivity index (χ0n) is 10.5. The Morgan fingerprint density at radius 3 is 2.70 bits per heavy atom. The van der Waals surface area contributed by atoms with Gasteiger partial charge in [0, 0.05) is 5.56 Å². The molecule has 0 amide bonds. The molecule has 5 nitrogen and oxygen atoms in total. The van der Waals surface area contributed by atoms with Crippen LogP contribution in [-0.2, 0) is 9.53 Å². The maximum atomic E-state index is 13.7. The number of benzene rings is 1. The Balaban J connectivity index is 0.00000361. The molecule has 1 aromatic rings. The molecular formula is C12H13ClF2N2O3. The van der Waals surface area contributed by atoms with Crippen molar-refractivity contribution >= 4 is 18.4 Å². The average molecular weight is 307 g/mol. The molecule has 8 heteroatoms. The zero-order chi connectivity index (χ0) is 14.6. The van der Waals surface area contributed by atoms with Crippen molar-refractivity contribution in [3.05, 3.63) is 29.1 Å². The fourth-order valence-electron chi connectivity index (χ4n) is 1.47. The summed E-state index contributed by atoms with van der Waals surface area (Å²) in [5.74, 6) is -3.21. The summed E-state index contributed by atoms with van der Waals surface area (Å²) >= 11 is 0. The Morgan fingerprint density at radius 2 is 2.20 bits per heavy atom. The van der Waals surface area contributed by atoms with E-state index in [0.29, 0.717) is 0 Å². The Kier molecular flexibility index (Phi) is 6.90. The highest BCUT2D eigenvalue weighted by Gasteiger charge is 2.30. The minimum absolute atomic E-state index is 0. The Bertz CT molecular complexity index is 534. The molecule has 0 aliphatic rings. The van der Waals surface area contributed by atoms with E-state index in [0.717, 1.165) is 12.1 Å². The summed E-state index contributed by atoms with van der Waals surface area (Å²) in [6.07, 6.45) is -2.26. The Morgan fingerprint density at radius 1 is 1.60 bits per heavy atom. The number of aromatic hydroxyl groups is 1. The fourth-order valence-corrected chi connectivity index (χ4v) is 1.47.